The lowest BCUT2D eigenvalue weighted by molar-refractivity contribution is -0.174. The van der Waals surface area contributed by atoms with Crippen molar-refractivity contribution in [1.29, 1.82) is 0 Å². The molecule has 0 amide bonds. The van der Waals surface area contributed by atoms with Crippen LogP contribution in [0.2, 0.25) is 0 Å². The molecule has 3 aromatic rings. The van der Waals surface area contributed by atoms with E-state index in [1.54, 1.807) is 4.57 Å². The predicted octanol–water partition coefficient (Wildman–Crippen LogP) is 2.88. The van der Waals surface area contributed by atoms with Crippen LogP contribution in [-0.4, -0.2) is 41.2 Å². The Kier molecular flexibility index (Phi) is 4.26. The first kappa shape index (κ1) is 17.5. The molecule has 26 heavy (non-hydrogen) atoms. The van der Waals surface area contributed by atoms with Crippen molar-refractivity contribution in [3.05, 3.63) is 46.7 Å². The number of fused-ring (bicyclic) bond motifs is 1. The topological polar surface area (TPSA) is 108 Å². The van der Waals surface area contributed by atoms with E-state index in [-0.39, 0.29) is 5.16 Å². The minimum Gasteiger partial charge on any atom is -0.477 e. The summed E-state index contributed by atoms with van der Waals surface area (Å²) in [5, 5.41) is 35.2. The second-order valence-electron chi connectivity index (χ2n) is 6.10. The average molecular weight is 436 g/mol. The summed E-state index contributed by atoms with van der Waals surface area (Å²) in [5.41, 5.74) is 2.01. The fourth-order valence-electron chi connectivity index (χ4n) is 2.94. The molecule has 2 aromatic carbocycles. The van der Waals surface area contributed by atoms with Crippen molar-refractivity contribution in [2.75, 3.05) is 0 Å². The molecule has 1 fully saturated rings. The van der Waals surface area contributed by atoms with E-state index < -0.39 is 11.1 Å². The van der Waals surface area contributed by atoms with Crippen LogP contribution in [0.5, 0.6) is 0 Å². The first-order valence-electron chi connectivity index (χ1n) is 7.88. The fourth-order valence-corrected chi connectivity index (χ4v) is 4.20. The fraction of sp³-hybridized carbons (Fsp3) is 0.235. The highest BCUT2D eigenvalue weighted by molar-refractivity contribution is 9.10. The Labute approximate surface area is 160 Å². The molecule has 0 radical (unpaired) electrons. The Balaban J connectivity index is 1.88. The highest BCUT2D eigenvalue weighted by atomic mass is 79.9. The Hall–Kier alpha value is -1.94. The maximum absolute atomic E-state index is 11.0. The van der Waals surface area contributed by atoms with Crippen LogP contribution in [0.15, 0.2) is 46.3 Å². The van der Waals surface area contributed by atoms with Crippen molar-refractivity contribution in [3.63, 3.8) is 0 Å². The molecule has 134 valence electrons. The second-order valence-corrected chi connectivity index (χ2v) is 7.94. The van der Waals surface area contributed by atoms with E-state index in [1.807, 2.05) is 24.3 Å². The number of nitrogens with zero attached hydrogens (tertiary/aromatic N) is 3. The Morgan fingerprint density at radius 3 is 2.50 bits per heavy atom. The zero-order chi connectivity index (χ0) is 18.5. The first-order chi connectivity index (χ1) is 12.4. The van der Waals surface area contributed by atoms with Gasteiger partial charge in [-0.1, -0.05) is 30.3 Å². The zero-order valence-corrected chi connectivity index (χ0v) is 15.7. The van der Waals surface area contributed by atoms with Crippen LogP contribution < -0.4 is 0 Å². The summed E-state index contributed by atoms with van der Waals surface area (Å²) >= 11 is 3.61. The van der Waals surface area contributed by atoms with E-state index in [4.69, 9.17) is 5.11 Å². The van der Waals surface area contributed by atoms with Crippen LogP contribution in [0.3, 0.4) is 0 Å². The molecule has 4 rings (SSSR count). The molecule has 0 aliphatic heterocycles. The molecule has 0 saturated heterocycles. The number of rotatable bonds is 5. The number of carbonyl (C=O) groups is 1. The number of aliphatic hydroxyl groups is 2. The normalized spacial score (nSPS) is 14.7. The van der Waals surface area contributed by atoms with Crippen LogP contribution in [0.4, 0.5) is 0 Å². The van der Waals surface area contributed by atoms with Crippen LogP contribution in [0.25, 0.3) is 16.5 Å². The lowest BCUT2D eigenvalue weighted by Gasteiger charge is -2.17. The third kappa shape index (κ3) is 3.01. The molecule has 1 aliphatic rings. The van der Waals surface area contributed by atoms with Gasteiger partial charge in [0.1, 0.15) is 0 Å². The lowest BCUT2D eigenvalue weighted by atomic mass is 9.99. The van der Waals surface area contributed by atoms with Crippen LogP contribution in [0, 0.1) is 0 Å². The Morgan fingerprint density at radius 1 is 1.15 bits per heavy atom. The molecule has 1 aliphatic carbocycles. The van der Waals surface area contributed by atoms with Gasteiger partial charge in [-0.3, -0.25) is 4.57 Å². The molecule has 7 nitrogen and oxygen atoms in total. The summed E-state index contributed by atoms with van der Waals surface area (Å²) in [6.07, 6.45) is 2.36. The van der Waals surface area contributed by atoms with Gasteiger partial charge in [0.2, 0.25) is 9.89 Å². The molecule has 1 aromatic heterocycles. The van der Waals surface area contributed by atoms with Gasteiger partial charge in [0, 0.05) is 5.39 Å². The third-order valence-electron chi connectivity index (χ3n) is 4.30. The summed E-state index contributed by atoms with van der Waals surface area (Å²) in [6, 6.07) is 11.9. The van der Waals surface area contributed by atoms with Gasteiger partial charge in [-0.2, -0.15) is 0 Å². The number of thioether (sulfide) groups is 1. The van der Waals surface area contributed by atoms with E-state index in [0.717, 1.165) is 16.5 Å². The summed E-state index contributed by atoms with van der Waals surface area (Å²) in [7, 11) is 0. The van der Waals surface area contributed by atoms with Gasteiger partial charge in [0.15, 0.2) is 0 Å². The number of benzene rings is 2. The van der Waals surface area contributed by atoms with E-state index in [9.17, 15) is 15.0 Å². The van der Waals surface area contributed by atoms with Crippen molar-refractivity contribution >= 4 is 44.4 Å². The van der Waals surface area contributed by atoms with Crippen LogP contribution >= 0.6 is 27.7 Å². The number of halogens is 1. The van der Waals surface area contributed by atoms with Gasteiger partial charge >= 0.3 is 11.1 Å². The van der Waals surface area contributed by atoms with Crippen molar-refractivity contribution < 1.29 is 20.1 Å². The molecule has 0 atom stereocenters. The van der Waals surface area contributed by atoms with E-state index in [1.165, 1.54) is 18.4 Å². The van der Waals surface area contributed by atoms with Gasteiger partial charge in [-0.15, -0.1) is 10.2 Å². The highest BCUT2D eigenvalue weighted by Crippen LogP contribution is 2.44. The van der Waals surface area contributed by atoms with Crippen LogP contribution in [0.1, 0.15) is 24.3 Å². The number of carboxylic acids is 1. The average Bonchev–Trinajstić information content (AvgIpc) is 3.39. The van der Waals surface area contributed by atoms with Crippen molar-refractivity contribution in [1.82, 2.24) is 14.8 Å². The third-order valence-corrected chi connectivity index (χ3v) is 5.72. The maximum Gasteiger partial charge on any atom is 0.376 e. The van der Waals surface area contributed by atoms with Gasteiger partial charge < -0.3 is 15.3 Å². The summed E-state index contributed by atoms with van der Waals surface area (Å²) in [6.45, 7) is 0. The molecule has 0 spiro atoms. The van der Waals surface area contributed by atoms with E-state index in [2.05, 4.69) is 38.3 Å². The number of aromatic nitrogens is 3. The molecule has 1 heterocycles. The second kappa shape index (κ2) is 6.34. The first-order valence-corrected chi connectivity index (χ1v) is 9.49. The zero-order valence-electron chi connectivity index (χ0n) is 13.3. The standard InChI is InChI=1S/C17H14BrN3O4S/c18-15-19-20-16(26-17(24,25)14(22)23)21(15)13-8-7-10(9-5-6-9)11-3-1-2-4-12(11)13/h1-4,7-9,24-25H,5-6H2,(H,22,23). The van der Waals surface area contributed by atoms with Crippen molar-refractivity contribution in [2.45, 2.75) is 29.0 Å². The monoisotopic (exact) mass is 435 g/mol. The van der Waals surface area contributed by atoms with Crippen molar-refractivity contribution in [2.24, 2.45) is 0 Å². The number of hydrogen-bond acceptors (Lipinski definition) is 6. The minimum absolute atomic E-state index is 0.0496. The van der Waals surface area contributed by atoms with Gasteiger partial charge in [-0.05, 0) is 63.5 Å². The molecule has 0 unspecified atom stereocenters. The molecular formula is C17H14BrN3O4S. The number of carboxylic acid groups (broad SMARTS) is 1. The summed E-state index contributed by atoms with van der Waals surface area (Å²) in [4.78, 5) is 11.0. The molecule has 3 N–H and O–H groups in total. The van der Waals surface area contributed by atoms with Gasteiger partial charge in [-0.25, -0.2) is 4.79 Å². The largest absolute Gasteiger partial charge is 0.477 e. The van der Waals surface area contributed by atoms with Crippen LogP contribution in [-0.2, 0) is 4.79 Å². The highest BCUT2D eigenvalue weighted by Gasteiger charge is 2.37. The minimum atomic E-state index is -3.01. The summed E-state index contributed by atoms with van der Waals surface area (Å²) < 4.78 is 1.90. The quantitative estimate of drug-likeness (QED) is 0.417. The van der Waals surface area contributed by atoms with E-state index >= 15 is 0 Å². The SMILES string of the molecule is O=C(O)C(O)(O)Sc1nnc(Br)n1-c1ccc(C2CC2)c2ccccc12. The number of hydrogen-bond donors (Lipinski definition) is 3. The Bertz CT molecular complexity index is 1020. The van der Waals surface area contributed by atoms with Gasteiger partial charge in [0.25, 0.3) is 0 Å². The predicted molar refractivity (Wildman–Crippen MR) is 99.2 cm³/mol. The lowest BCUT2D eigenvalue weighted by Crippen LogP contribution is -2.34. The maximum atomic E-state index is 11.0. The number of aliphatic carboxylic acids is 1. The Morgan fingerprint density at radius 2 is 1.85 bits per heavy atom. The molecule has 9 heteroatoms. The van der Waals surface area contributed by atoms with E-state index in [0.29, 0.717) is 22.4 Å². The smallest absolute Gasteiger partial charge is 0.376 e. The van der Waals surface area contributed by atoms with Gasteiger partial charge in [0.05, 0.1) is 5.69 Å². The summed E-state index contributed by atoms with van der Waals surface area (Å²) in [5.74, 6) is -1.20. The molecular weight excluding hydrogens is 422 g/mol. The molecule has 1 saturated carbocycles. The van der Waals surface area contributed by atoms with Crippen molar-refractivity contribution in [3.8, 4) is 5.69 Å². The molecule has 0 bridgehead atoms.